The Balaban J connectivity index is 1.98. The minimum atomic E-state index is -0.281. The number of fused-ring (bicyclic) bond motifs is 1. The van der Waals surface area contributed by atoms with Gasteiger partial charge in [0, 0.05) is 16.7 Å². The van der Waals surface area contributed by atoms with Crippen LogP contribution in [0.2, 0.25) is 0 Å². The van der Waals surface area contributed by atoms with E-state index >= 15 is 0 Å². The zero-order valence-corrected chi connectivity index (χ0v) is 11.9. The Hall–Kier alpha value is -1.46. The number of aromatic nitrogens is 1. The maximum absolute atomic E-state index is 11.7. The van der Waals surface area contributed by atoms with Crippen molar-refractivity contribution in [1.82, 2.24) is 10.3 Å². The maximum atomic E-state index is 11.7. The van der Waals surface area contributed by atoms with Gasteiger partial charge in [-0.2, -0.15) is 0 Å². The van der Waals surface area contributed by atoms with E-state index in [1.54, 1.807) is 18.8 Å². The summed E-state index contributed by atoms with van der Waals surface area (Å²) in [7, 11) is 1.77. The summed E-state index contributed by atoms with van der Waals surface area (Å²) in [5, 5.41) is 5.22. The molecule has 0 aliphatic carbocycles. The molecule has 1 aromatic carbocycles. The fraction of sp³-hybridized carbons (Fsp3) is 0.357. The zero-order valence-electron chi connectivity index (χ0n) is 11.1. The molecule has 1 unspecified atom stereocenters. The van der Waals surface area contributed by atoms with Crippen molar-refractivity contribution in [3.05, 3.63) is 30.3 Å². The van der Waals surface area contributed by atoms with Crippen LogP contribution >= 0.6 is 11.8 Å². The van der Waals surface area contributed by atoms with Crippen LogP contribution in [-0.4, -0.2) is 36.4 Å². The number of nitrogens with one attached hydrogen (secondary N) is 2. The number of H-pyrrole nitrogens is 1. The number of hydrogen-bond donors (Lipinski definition) is 2. The quantitative estimate of drug-likeness (QED) is 0.629. The first-order valence-corrected chi connectivity index (χ1v) is 7.27. The molecule has 5 heteroatoms. The molecule has 0 radical (unpaired) electrons. The Bertz CT molecular complexity index is 520. The van der Waals surface area contributed by atoms with Crippen LogP contribution in [0.3, 0.4) is 0 Å². The number of carbonyl (C=O) groups excluding carboxylic acids is 1. The lowest BCUT2D eigenvalue weighted by Gasteiger charge is -2.13. The van der Waals surface area contributed by atoms with Crippen LogP contribution in [0.5, 0.6) is 0 Å². The van der Waals surface area contributed by atoms with Gasteiger partial charge in [-0.3, -0.25) is 4.79 Å². The minimum Gasteiger partial charge on any atom is -0.465 e. The van der Waals surface area contributed by atoms with Gasteiger partial charge >= 0.3 is 5.97 Å². The third-order valence-corrected chi connectivity index (χ3v) is 3.86. The number of hydrogen-bond acceptors (Lipinski definition) is 4. The van der Waals surface area contributed by atoms with Gasteiger partial charge < -0.3 is 15.0 Å². The summed E-state index contributed by atoms with van der Waals surface area (Å²) in [5.41, 5.74) is 1.11. The van der Waals surface area contributed by atoms with E-state index < -0.39 is 0 Å². The molecule has 19 heavy (non-hydrogen) atoms. The van der Waals surface area contributed by atoms with Gasteiger partial charge in [-0.15, -0.1) is 11.8 Å². The van der Waals surface area contributed by atoms with Gasteiger partial charge in [-0.05, 0) is 26.1 Å². The van der Waals surface area contributed by atoms with Crippen molar-refractivity contribution in [3.8, 4) is 0 Å². The molecule has 2 rings (SSSR count). The second-order valence-corrected chi connectivity index (χ2v) is 5.19. The molecule has 102 valence electrons. The molecule has 0 bridgehead atoms. The lowest BCUT2D eigenvalue weighted by molar-refractivity contribution is -0.144. The molecule has 0 spiro atoms. The molecule has 1 heterocycles. The van der Waals surface area contributed by atoms with Gasteiger partial charge in [-0.1, -0.05) is 18.2 Å². The lowest BCUT2D eigenvalue weighted by atomic mass is 10.3. The monoisotopic (exact) mass is 278 g/mol. The highest BCUT2D eigenvalue weighted by atomic mass is 32.2. The van der Waals surface area contributed by atoms with Crippen molar-refractivity contribution < 1.29 is 9.53 Å². The van der Waals surface area contributed by atoms with E-state index in [0.717, 1.165) is 10.5 Å². The second-order valence-electron chi connectivity index (χ2n) is 4.13. The highest BCUT2D eigenvalue weighted by Crippen LogP contribution is 2.23. The number of para-hydroxylation sites is 1. The van der Waals surface area contributed by atoms with E-state index in [0.29, 0.717) is 12.4 Å². The van der Waals surface area contributed by atoms with Crippen molar-refractivity contribution in [1.29, 1.82) is 0 Å². The summed E-state index contributed by atoms with van der Waals surface area (Å²) >= 11 is 1.61. The smallest absolute Gasteiger partial charge is 0.323 e. The van der Waals surface area contributed by atoms with Crippen LogP contribution in [-0.2, 0) is 9.53 Å². The fourth-order valence-corrected chi connectivity index (χ4v) is 2.85. The summed E-state index contributed by atoms with van der Waals surface area (Å²) in [6.45, 7) is 2.23. The van der Waals surface area contributed by atoms with Crippen molar-refractivity contribution in [2.24, 2.45) is 0 Å². The first kappa shape index (κ1) is 14.0. The largest absolute Gasteiger partial charge is 0.465 e. The average molecular weight is 278 g/mol. The predicted molar refractivity (Wildman–Crippen MR) is 78.5 cm³/mol. The molecule has 0 saturated heterocycles. The summed E-state index contributed by atoms with van der Waals surface area (Å²) in [5.74, 6) is 0.441. The Morgan fingerprint density at radius 3 is 2.95 bits per heavy atom. The van der Waals surface area contributed by atoms with Gasteiger partial charge in [0.15, 0.2) is 0 Å². The Kier molecular flexibility index (Phi) is 4.87. The fourth-order valence-electron chi connectivity index (χ4n) is 1.81. The van der Waals surface area contributed by atoms with Crippen molar-refractivity contribution in [3.63, 3.8) is 0 Å². The first-order valence-electron chi connectivity index (χ1n) is 6.29. The molecule has 0 aliphatic heterocycles. The Labute approximate surface area is 116 Å². The topological polar surface area (TPSA) is 54.1 Å². The van der Waals surface area contributed by atoms with E-state index in [4.69, 9.17) is 4.74 Å². The standard InChI is InChI=1S/C14H18N2O2S/c1-3-18-14(17)12(15-2)9-19-13-8-10-6-4-5-7-11(10)16-13/h4-8,12,15-16H,3,9H2,1-2H3. The minimum absolute atomic E-state index is 0.200. The average Bonchev–Trinajstić information content (AvgIpc) is 2.82. The summed E-state index contributed by atoms with van der Waals surface area (Å²) in [4.78, 5) is 15.0. The van der Waals surface area contributed by atoms with Crippen molar-refractivity contribution in [2.75, 3.05) is 19.4 Å². The number of likely N-dealkylation sites (N-methyl/N-ethyl adjacent to an activating group) is 1. The van der Waals surface area contributed by atoms with E-state index in [1.165, 1.54) is 5.39 Å². The number of rotatable bonds is 6. The molecule has 2 aromatic rings. The Morgan fingerprint density at radius 1 is 1.47 bits per heavy atom. The number of benzene rings is 1. The van der Waals surface area contributed by atoms with Gasteiger partial charge in [0.2, 0.25) is 0 Å². The van der Waals surface area contributed by atoms with Crippen LogP contribution in [0.25, 0.3) is 10.9 Å². The molecule has 4 nitrogen and oxygen atoms in total. The molecule has 0 amide bonds. The first-order chi connectivity index (χ1) is 9.24. The molecule has 1 aromatic heterocycles. The summed E-state index contributed by atoms with van der Waals surface area (Å²) in [6, 6.07) is 9.94. The second kappa shape index (κ2) is 6.63. The zero-order chi connectivity index (χ0) is 13.7. The van der Waals surface area contributed by atoms with Gasteiger partial charge in [0.1, 0.15) is 6.04 Å². The highest BCUT2D eigenvalue weighted by molar-refractivity contribution is 7.99. The van der Waals surface area contributed by atoms with Crippen LogP contribution in [0.1, 0.15) is 6.92 Å². The van der Waals surface area contributed by atoms with E-state index in [9.17, 15) is 4.79 Å². The predicted octanol–water partition coefficient (Wildman–Crippen LogP) is 2.41. The van der Waals surface area contributed by atoms with E-state index in [2.05, 4.69) is 22.4 Å². The highest BCUT2D eigenvalue weighted by Gasteiger charge is 2.18. The maximum Gasteiger partial charge on any atom is 0.323 e. The number of carbonyl (C=O) groups is 1. The molecule has 0 saturated carbocycles. The third kappa shape index (κ3) is 3.52. The van der Waals surface area contributed by atoms with Crippen molar-refractivity contribution >= 4 is 28.6 Å². The normalized spacial score (nSPS) is 12.5. The Morgan fingerprint density at radius 2 is 2.26 bits per heavy atom. The van der Waals surface area contributed by atoms with Crippen LogP contribution in [0.15, 0.2) is 35.4 Å². The van der Waals surface area contributed by atoms with E-state index in [1.807, 2.05) is 25.1 Å². The van der Waals surface area contributed by atoms with Crippen molar-refractivity contribution in [2.45, 2.75) is 18.0 Å². The van der Waals surface area contributed by atoms with E-state index in [-0.39, 0.29) is 12.0 Å². The van der Waals surface area contributed by atoms with Gasteiger partial charge in [-0.25, -0.2) is 0 Å². The molecule has 1 atom stereocenters. The SMILES string of the molecule is CCOC(=O)C(CSc1cc2ccccc2[nH]1)NC. The molecule has 2 N–H and O–H groups in total. The number of thioether (sulfide) groups is 1. The van der Waals surface area contributed by atoms with Crippen LogP contribution < -0.4 is 5.32 Å². The van der Waals surface area contributed by atoms with Crippen LogP contribution in [0.4, 0.5) is 0 Å². The van der Waals surface area contributed by atoms with Crippen LogP contribution in [0, 0.1) is 0 Å². The summed E-state index contributed by atoms with van der Waals surface area (Å²) in [6.07, 6.45) is 0. The molecule has 0 aliphatic rings. The molecular weight excluding hydrogens is 260 g/mol. The number of esters is 1. The van der Waals surface area contributed by atoms with Gasteiger partial charge in [0.25, 0.3) is 0 Å². The molecular formula is C14H18N2O2S. The summed E-state index contributed by atoms with van der Waals surface area (Å²) < 4.78 is 5.02. The van der Waals surface area contributed by atoms with Gasteiger partial charge in [0.05, 0.1) is 11.6 Å². The number of aromatic amines is 1. The third-order valence-electron chi connectivity index (χ3n) is 2.83. The number of ether oxygens (including phenoxy) is 1. The molecule has 0 fully saturated rings. The lowest BCUT2D eigenvalue weighted by Crippen LogP contribution is -2.37.